The molecule has 152 valence electrons. The van der Waals surface area contributed by atoms with Crippen molar-refractivity contribution in [1.82, 2.24) is 15.5 Å². The second-order valence-electron chi connectivity index (χ2n) is 6.92. The van der Waals surface area contributed by atoms with E-state index in [9.17, 15) is 13.2 Å². The van der Waals surface area contributed by atoms with Crippen LogP contribution in [0, 0.1) is 0 Å². The van der Waals surface area contributed by atoms with Crippen LogP contribution in [0.15, 0.2) is 29.3 Å². The van der Waals surface area contributed by atoms with Crippen molar-refractivity contribution in [2.75, 3.05) is 33.2 Å². The molecule has 2 atom stereocenters. The lowest BCUT2D eigenvalue weighted by Crippen LogP contribution is -2.46. The second-order valence-corrected chi connectivity index (χ2v) is 6.92. The van der Waals surface area contributed by atoms with E-state index in [2.05, 4.69) is 34.4 Å². The Balaban J connectivity index is 1.68. The molecule has 0 bridgehead atoms. The Morgan fingerprint density at radius 1 is 1.15 bits per heavy atom. The van der Waals surface area contributed by atoms with Crippen LogP contribution < -0.4 is 10.6 Å². The summed E-state index contributed by atoms with van der Waals surface area (Å²) in [5.74, 6) is 0.638. The maximum Gasteiger partial charge on any atom is 0.416 e. The number of ether oxygens (including phenoxy) is 1. The number of halogens is 3. The Morgan fingerprint density at radius 2 is 1.78 bits per heavy atom. The Labute approximate surface area is 159 Å². The van der Waals surface area contributed by atoms with E-state index in [0.29, 0.717) is 12.5 Å². The standard InChI is InChI=1S/C19H29F3N4O/c1-14-12-26(13-15(2)27-14)10-4-9-24-18(23-3)25-11-16-5-7-17(8-6-16)19(20,21)22/h5-8,14-15H,4,9-13H2,1-3H3,(H2,23,24,25). The zero-order valence-electron chi connectivity index (χ0n) is 16.1. The maximum atomic E-state index is 12.6. The highest BCUT2D eigenvalue weighted by molar-refractivity contribution is 5.79. The number of rotatable bonds is 6. The summed E-state index contributed by atoms with van der Waals surface area (Å²) in [4.78, 5) is 6.55. The predicted molar refractivity (Wildman–Crippen MR) is 101 cm³/mol. The van der Waals surface area contributed by atoms with Gasteiger partial charge in [0.05, 0.1) is 17.8 Å². The molecule has 1 fully saturated rings. The van der Waals surface area contributed by atoms with Gasteiger partial charge in [-0.25, -0.2) is 0 Å². The number of alkyl halides is 3. The molecule has 1 aromatic carbocycles. The van der Waals surface area contributed by atoms with Crippen molar-refractivity contribution < 1.29 is 17.9 Å². The van der Waals surface area contributed by atoms with Crippen LogP contribution in [-0.4, -0.2) is 56.3 Å². The molecule has 1 aromatic rings. The first-order chi connectivity index (χ1) is 12.8. The van der Waals surface area contributed by atoms with Crippen molar-refractivity contribution in [2.24, 2.45) is 4.99 Å². The summed E-state index contributed by atoms with van der Waals surface area (Å²) < 4.78 is 43.5. The third kappa shape index (κ3) is 7.38. The van der Waals surface area contributed by atoms with E-state index in [0.717, 1.165) is 50.3 Å². The molecule has 2 rings (SSSR count). The highest BCUT2D eigenvalue weighted by Crippen LogP contribution is 2.29. The van der Waals surface area contributed by atoms with Crippen molar-refractivity contribution >= 4 is 5.96 Å². The third-order valence-corrected chi connectivity index (χ3v) is 4.40. The SMILES string of the molecule is CN=C(NCCCN1CC(C)OC(C)C1)NCc1ccc(C(F)(F)F)cc1. The molecule has 0 aliphatic carbocycles. The average Bonchev–Trinajstić information content (AvgIpc) is 2.60. The topological polar surface area (TPSA) is 48.9 Å². The molecule has 0 radical (unpaired) electrons. The summed E-state index contributed by atoms with van der Waals surface area (Å²) in [5, 5.41) is 6.36. The van der Waals surface area contributed by atoms with Crippen molar-refractivity contribution in [3.8, 4) is 0 Å². The Hall–Kier alpha value is -1.80. The van der Waals surface area contributed by atoms with Crippen LogP contribution in [0.25, 0.3) is 0 Å². The summed E-state index contributed by atoms with van der Waals surface area (Å²) in [7, 11) is 1.67. The van der Waals surface area contributed by atoms with E-state index in [4.69, 9.17) is 4.74 Å². The van der Waals surface area contributed by atoms with Gasteiger partial charge in [-0.1, -0.05) is 12.1 Å². The molecular formula is C19H29F3N4O. The van der Waals surface area contributed by atoms with Crippen molar-refractivity contribution in [1.29, 1.82) is 0 Å². The Bertz CT molecular complexity index is 594. The minimum absolute atomic E-state index is 0.264. The van der Waals surface area contributed by atoms with Gasteiger partial charge in [0.1, 0.15) is 0 Å². The number of hydrogen-bond acceptors (Lipinski definition) is 3. The van der Waals surface area contributed by atoms with E-state index < -0.39 is 11.7 Å². The Kier molecular flexibility index (Phi) is 7.91. The summed E-state index contributed by atoms with van der Waals surface area (Å²) >= 11 is 0. The number of morpholine rings is 1. The predicted octanol–water partition coefficient (Wildman–Crippen LogP) is 2.87. The van der Waals surface area contributed by atoms with E-state index in [1.54, 1.807) is 7.05 Å². The normalized spacial score (nSPS) is 21.9. The minimum atomic E-state index is -4.31. The Morgan fingerprint density at radius 3 is 2.33 bits per heavy atom. The van der Waals surface area contributed by atoms with Gasteiger partial charge in [-0.2, -0.15) is 13.2 Å². The summed E-state index contributed by atoms with van der Waals surface area (Å²) in [6.07, 6.45) is -2.81. The van der Waals surface area contributed by atoms with Gasteiger partial charge in [-0.3, -0.25) is 9.89 Å². The summed E-state index contributed by atoms with van der Waals surface area (Å²) in [6.45, 7) is 8.25. The lowest BCUT2D eigenvalue weighted by Gasteiger charge is -2.35. The highest BCUT2D eigenvalue weighted by atomic mass is 19.4. The fourth-order valence-electron chi connectivity index (χ4n) is 3.19. The van der Waals surface area contributed by atoms with Crippen LogP contribution in [0.4, 0.5) is 13.2 Å². The largest absolute Gasteiger partial charge is 0.416 e. The van der Waals surface area contributed by atoms with Gasteiger partial charge in [0, 0.05) is 39.8 Å². The van der Waals surface area contributed by atoms with Gasteiger partial charge >= 0.3 is 6.18 Å². The number of benzene rings is 1. The van der Waals surface area contributed by atoms with Crippen LogP contribution in [0.3, 0.4) is 0 Å². The number of nitrogens with zero attached hydrogens (tertiary/aromatic N) is 2. The van der Waals surface area contributed by atoms with Gasteiger partial charge in [0.25, 0.3) is 0 Å². The van der Waals surface area contributed by atoms with Gasteiger partial charge in [-0.05, 0) is 38.0 Å². The maximum absolute atomic E-state index is 12.6. The van der Waals surface area contributed by atoms with Gasteiger partial charge in [0.15, 0.2) is 5.96 Å². The van der Waals surface area contributed by atoms with E-state index in [1.807, 2.05) is 0 Å². The molecule has 0 saturated carbocycles. The van der Waals surface area contributed by atoms with E-state index >= 15 is 0 Å². The molecule has 0 spiro atoms. The van der Waals surface area contributed by atoms with Gasteiger partial charge in [0.2, 0.25) is 0 Å². The first-order valence-corrected chi connectivity index (χ1v) is 9.26. The molecule has 2 unspecified atom stereocenters. The molecular weight excluding hydrogens is 357 g/mol. The fraction of sp³-hybridized carbons (Fsp3) is 0.632. The van der Waals surface area contributed by atoms with Crippen molar-refractivity contribution in [3.05, 3.63) is 35.4 Å². The molecule has 27 heavy (non-hydrogen) atoms. The first kappa shape index (κ1) is 21.5. The second kappa shape index (κ2) is 9.94. The number of hydrogen-bond donors (Lipinski definition) is 2. The molecule has 0 aromatic heterocycles. The van der Waals surface area contributed by atoms with Gasteiger partial charge < -0.3 is 15.4 Å². The summed E-state index contributed by atoms with van der Waals surface area (Å²) in [6, 6.07) is 5.14. The van der Waals surface area contributed by atoms with Gasteiger partial charge in [-0.15, -0.1) is 0 Å². The van der Waals surface area contributed by atoms with Crippen LogP contribution in [0.1, 0.15) is 31.4 Å². The van der Waals surface area contributed by atoms with Crippen LogP contribution >= 0.6 is 0 Å². The third-order valence-electron chi connectivity index (χ3n) is 4.40. The quantitative estimate of drug-likeness (QED) is 0.448. The number of nitrogens with one attached hydrogen (secondary N) is 2. The van der Waals surface area contributed by atoms with Crippen molar-refractivity contribution in [3.63, 3.8) is 0 Å². The molecule has 1 heterocycles. The average molecular weight is 386 g/mol. The number of aliphatic imine (C=N–C) groups is 1. The van der Waals surface area contributed by atoms with E-state index in [-0.39, 0.29) is 12.2 Å². The molecule has 2 N–H and O–H groups in total. The van der Waals surface area contributed by atoms with E-state index in [1.165, 1.54) is 12.1 Å². The fourth-order valence-corrected chi connectivity index (χ4v) is 3.19. The highest BCUT2D eigenvalue weighted by Gasteiger charge is 2.29. The monoisotopic (exact) mass is 386 g/mol. The molecule has 0 amide bonds. The minimum Gasteiger partial charge on any atom is -0.373 e. The molecule has 1 aliphatic rings. The smallest absolute Gasteiger partial charge is 0.373 e. The van der Waals surface area contributed by atoms with Crippen molar-refractivity contribution in [2.45, 2.75) is 45.2 Å². The van der Waals surface area contributed by atoms with Crippen LogP contribution in [0.5, 0.6) is 0 Å². The molecule has 5 nitrogen and oxygen atoms in total. The first-order valence-electron chi connectivity index (χ1n) is 9.26. The zero-order chi connectivity index (χ0) is 19.9. The molecule has 8 heteroatoms. The van der Waals surface area contributed by atoms with Crippen LogP contribution in [-0.2, 0) is 17.5 Å². The lowest BCUT2D eigenvalue weighted by atomic mass is 10.1. The van der Waals surface area contributed by atoms with Crippen LogP contribution in [0.2, 0.25) is 0 Å². The lowest BCUT2D eigenvalue weighted by molar-refractivity contribution is -0.137. The molecule has 1 saturated heterocycles. The summed E-state index contributed by atoms with van der Waals surface area (Å²) in [5.41, 5.74) is 0.128. The molecule has 1 aliphatic heterocycles. The number of guanidine groups is 1. The zero-order valence-corrected chi connectivity index (χ0v) is 16.1.